The fourth-order valence-corrected chi connectivity index (χ4v) is 6.49. The highest BCUT2D eigenvalue weighted by molar-refractivity contribution is 5.71. The second-order valence-corrected chi connectivity index (χ2v) is 16.6. The summed E-state index contributed by atoms with van der Waals surface area (Å²) in [7, 11) is 0. The van der Waals surface area contributed by atoms with Crippen LogP contribution in [0, 0.1) is 0 Å². The second kappa shape index (κ2) is 52.9. The first kappa shape index (κ1) is 61.3. The maximum absolute atomic E-state index is 12.8. The Hall–Kier alpha value is -4.71. The van der Waals surface area contributed by atoms with E-state index in [0.717, 1.165) is 89.9 Å². The molecule has 1 unspecified atom stereocenters. The van der Waals surface area contributed by atoms with Crippen molar-refractivity contribution in [2.75, 3.05) is 13.2 Å². The van der Waals surface area contributed by atoms with Crippen LogP contribution in [0.4, 0.5) is 0 Å². The normalized spacial score (nSPS) is 13.3. The zero-order chi connectivity index (χ0) is 47.9. The minimum absolute atomic E-state index is 0.124. The Morgan fingerprint density at radius 3 is 0.985 bits per heavy atom. The summed E-state index contributed by atoms with van der Waals surface area (Å²) in [5.74, 6) is -1.03. The summed E-state index contributed by atoms with van der Waals surface area (Å²) in [4.78, 5) is 38.0. The van der Waals surface area contributed by atoms with Crippen LogP contribution >= 0.6 is 0 Å². The third-order valence-electron chi connectivity index (χ3n) is 10.3. The minimum Gasteiger partial charge on any atom is -0.462 e. The van der Waals surface area contributed by atoms with E-state index < -0.39 is 6.10 Å². The largest absolute Gasteiger partial charge is 0.462 e. The van der Waals surface area contributed by atoms with Crippen LogP contribution in [0.3, 0.4) is 0 Å². The first-order valence-electron chi connectivity index (χ1n) is 26.0. The molecular formula is C60H92O6. The summed E-state index contributed by atoms with van der Waals surface area (Å²) in [5, 5.41) is 0. The number of rotatable bonds is 44. The molecule has 6 nitrogen and oxygen atoms in total. The molecule has 6 heteroatoms. The van der Waals surface area contributed by atoms with E-state index >= 15 is 0 Å². The molecule has 0 fully saturated rings. The number of hydrogen-bond donors (Lipinski definition) is 0. The van der Waals surface area contributed by atoms with Crippen LogP contribution in [0.15, 0.2) is 146 Å². The van der Waals surface area contributed by atoms with Gasteiger partial charge >= 0.3 is 17.9 Å². The molecule has 0 aromatic rings. The third-order valence-corrected chi connectivity index (χ3v) is 10.3. The predicted molar refractivity (Wildman–Crippen MR) is 283 cm³/mol. The van der Waals surface area contributed by atoms with Crippen LogP contribution < -0.4 is 0 Å². The highest BCUT2D eigenvalue weighted by Gasteiger charge is 2.19. The maximum atomic E-state index is 12.8. The summed E-state index contributed by atoms with van der Waals surface area (Å²) >= 11 is 0. The van der Waals surface area contributed by atoms with Gasteiger partial charge in [0.2, 0.25) is 0 Å². The van der Waals surface area contributed by atoms with E-state index in [1.165, 1.54) is 57.8 Å². The summed E-state index contributed by atoms with van der Waals surface area (Å²) < 4.78 is 16.7. The Morgan fingerprint density at radius 1 is 0.318 bits per heavy atom. The summed E-state index contributed by atoms with van der Waals surface area (Å²) in [6.07, 6.45) is 75.4. The van der Waals surface area contributed by atoms with Gasteiger partial charge in [0.05, 0.1) is 0 Å². The van der Waals surface area contributed by atoms with E-state index in [-0.39, 0.29) is 31.1 Å². The Labute approximate surface area is 404 Å². The van der Waals surface area contributed by atoms with Gasteiger partial charge in [0.25, 0.3) is 0 Å². The number of hydrogen-bond acceptors (Lipinski definition) is 6. The Morgan fingerprint density at radius 2 is 0.606 bits per heavy atom. The first-order valence-corrected chi connectivity index (χ1v) is 26.0. The molecule has 0 rings (SSSR count). The predicted octanol–water partition coefficient (Wildman–Crippen LogP) is 17.3. The van der Waals surface area contributed by atoms with Crippen molar-refractivity contribution in [3.63, 3.8) is 0 Å². The van der Waals surface area contributed by atoms with Gasteiger partial charge in [-0.2, -0.15) is 0 Å². The first-order chi connectivity index (χ1) is 32.5. The van der Waals surface area contributed by atoms with Gasteiger partial charge in [-0.1, -0.05) is 237 Å². The standard InChI is InChI=1S/C60H92O6/c1-4-7-10-13-16-19-22-25-28-30-33-35-38-41-44-47-50-53-59(62)65-56-57(55-64-58(61)52-49-46-43-40-37-34-31-27-24-21-18-15-12-9-6-3)66-60(63)54-51-48-45-42-39-36-32-29-26-23-20-17-14-11-8-5-2/h7,9-10,12-13,15-16,18-19,21-22,24-25,27-35,37-38,57H,4-6,8,11,14,17,20,23,26,36,39-56H2,1-3H3/b10-7-,12-9-,16-13-,18-15-,22-19-,24-21-,28-25-,31-27-,32-29-,33-30+,37-34-,38-35-. The van der Waals surface area contributed by atoms with E-state index in [9.17, 15) is 14.4 Å². The van der Waals surface area contributed by atoms with Crippen molar-refractivity contribution in [1.29, 1.82) is 0 Å². The van der Waals surface area contributed by atoms with Gasteiger partial charge in [-0.15, -0.1) is 0 Å². The second-order valence-electron chi connectivity index (χ2n) is 16.6. The van der Waals surface area contributed by atoms with Crippen molar-refractivity contribution in [3.8, 4) is 0 Å². The number of carbonyl (C=O) groups is 3. The van der Waals surface area contributed by atoms with Crippen molar-refractivity contribution in [3.05, 3.63) is 146 Å². The lowest BCUT2D eigenvalue weighted by Crippen LogP contribution is -2.30. The number of allylic oxidation sites excluding steroid dienone is 24. The topological polar surface area (TPSA) is 78.9 Å². The van der Waals surface area contributed by atoms with E-state index in [4.69, 9.17) is 14.2 Å². The Bertz CT molecular complexity index is 1510. The highest BCUT2D eigenvalue weighted by Crippen LogP contribution is 2.13. The zero-order valence-corrected chi connectivity index (χ0v) is 41.9. The smallest absolute Gasteiger partial charge is 0.306 e. The van der Waals surface area contributed by atoms with Gasteiger partial charge in [0.15, 0.2) is 6.10 Å². The molecule has 0 amide bonds. The van der Waals surface area contributed by atoms with Gasteiger partial charge < -0.3 is 14.2 Å². The number of carbonyl (C=O) groups excluding carboxylic acids is 3. The Balaban J connectivity index is 4.60. The molecule has 0 spiro atoms. The van der Waals surface area contributed by atoms with Crippen molar-refractivity contribution < 1.29 is 28.6 Å². The average Bonchev–Trinajstić information content (AvgIpc) is 3.31. The molecule has 0 N–H and O–H groups in total. The molecule has 0 saturated heterocycles. The van der Waals surface area contributed by atoms with Crippen LogP contribution in [0.1, 0.15) is 194 Å². The summed E-state index contributed by atoms with van der Waals surface area (Å²) in [6, 6.07) is 0. The number of ether oxygens (including phenoxy) is 3. The number of esters is 3. The Kier molecular flexibility index (Phi) is 49.1. The van der Waals surface area contributed by atoms with Crippen molar-refractivity contribution in [2.24, 2.45) is 0 Å². The molecule has 66 heavy (non-hydrogen) atoms. The van der Waals surface area contributed by atoms with Crippen LogP contribution in [0.2, 0.25) is 0 Å². The van der Waals surface area contributed by atoms with Gasteiger partial charge in [-0.3, -0.25) is 14.4 Å². The van der Waals surface area contributed by atoms with Crippen LogP contribution in [-0.4, -0.2) is 37.2 Å². The zero-order valence-electron chi connectivity index (χ0n) is 41.9. The third kappa shape index (κ3) is 50.3. The molecule has 0 aliphatic carbocycles. The lowest BCUT2D eigenvalue weighted by Gasteiger charge is -2.18. The SMILES string of the molecule is CC\C=C/C=C\C=C/C=C\C=C/CCCCCC(=O)OCC(COC(=O)CCCCC\C=C/C=C/C=C\C=C/C=C\C=C/CC)OC(=O)CCCCCCC/C=C\CCCCCCCCC. The molecule has 0 aliphatic rings. The monoisotopic (exact) mass is 909 g/mol. The van der Waals surface area contributed by atoms with Crippen molar-refractivity contribution in [1.82, 2.24) is 0 Å². The van der Waals surface area contributed by atoms with Crippen LogP contribution in [0.5, 0.6) is 0 Å². The quantitative estimate of drug-likeness (QED) is 0.0199. The summed E-state index contributed by atoms with van der Waals surface area (Å²) in [6.45, 7) is 6.24. The fraction of sp³-hybridized carbons (Fsp3) is 0.550. The molecule has 0 heterocycles. The van der Waals surface area contributed by atoms with E-state index in [0.29, 0.717) is 25.7 Å². The lowest BCUT2D eigenvalue weighted by molar-refractivity contribution is -0.167. The van der Waals surface area contributed by atoms with Crippen molar-refractivity contribution >= 4 is 17.9 Å². The van der Waals surface area contributed by atoms with Gasteiger partial charge in [-0.25, -0.2) is 0 Å². The van der Waals surface area contributed by atoms with Gasteiger partial charge in [0, 0.05) is 19.3 Å². The van der Waals surface area contributed by atoms with E-state index in [1.54, 1.807) is 0 Å². The van der Waals surface area contributed by atoms with Gasteiger partial charge in [0.1, 0.15) is 13.2 Å². The minimum atomic E-state index is -0.825. The fourth-order valence-electron chi connectivity index (χ4n) is 6.49. The highest BCUT2D eigenvalue weighted by atomic mass is 16.6. The van der Waals surface area contributed by atoms with E-state index in [2.05, 4.69) is 57.2 Å². The molecule has 0 aromatic heterocycles. The lowest BCUT2D eigenvalue weighted by atomic mass is 10.1. The molecule has 0 saturated carbocycles. The molecule has 368 valence electrons. The van der Waals surface area contributed by atoms with E-state index in [1.807, 2.05) is 109 Å². The molecule has 1 atom stereocenters. The number of unbranched alkanes of at least 4 members (excludes halogenated alkanes) is 18. The molecule has 0 aliphatic heterocycles. The molecule has 0 aromatic carbocycles. The van der Waals surface area contributed by atoms with Crippen LogP contribution in [-0.2, 0) is 28.6 Å². The maximum Gasteiger partial charge on any atom is 0.306 e. The summed E-state index contributed by atoms with van der Waals surface area (Å²) in [5.41, 5.74) is 0. The average molecular weight is 909 g/mol. The van der Waals surface area contributed by atoms with Crippen molar-refractivity contribution in [2.45, 2.75) is 200 Å². The molecule has 0 radical (unpaired) electrons. The van der Waals surface area contributed by atoms with Crippen LogP contribution in [0.25, 0.3) is 0 Å². The molecular weight excluding hydrogens is 817 g/mol. The van der Waals surface area contributed by atoms with Gasteiger partial charge in [-0.05, 0) is 83.5 Å². The molecule has 0 bridgehead atoms.